The minimum absolute atomic E-state index is 0.0298. The quantitative estimate of drug-likeness (QED) is 0.675. The predicted molar refractivity (Wildman–Crippen MR) is 56.7 cm³/mol. The summed E-state index contributed by atoms with van der Waals surface area (Å²) < 4.78 is 0. The number of phenolic OH excluding ortho intramolecular Hbond substituents is 2. The number of hydrogen-bond acceptors (Lipinski definition) is 2. The Hall–Kier alpha value is -1.70. The van der Waals surface area contributed by atoms with E-state index in [1.165, 1.54) is 0 Å². The molecule has 2 rings (SSSR count). The van der Waals surface area contributed by atoms with E-state index in [0.29, 0.717) is 5.39 Å². The highest BCUT2D eigenvalue weighted by atomic mass is 16.3. The first kappa shape index (κ1) is 8.88. The van der Waals surface area contributed by atoms with Gasteiger partial charge in [0.05, 0.1) is 0 Å². The van der Waals surface area contributed by atoms with Gasteiger partial charge in [-0.25, -0.2) is 0 Å². The van der Waals surface area contributed by atoms with Crippen LogP contribution in [0.4, 0.5) is 0 Å². The van der Waals surface area contributed by atoms with E-state index in [1.54, 1.807) is 6.07 Å². The highest BCUT2D eigenvalue weighted by Gasteiger charge is 2.08. The van der Waals surface area contributed by atoms with Crippen LogP contribution in [0, 0.1) is 0 Å². The number of benzene rings is 2. The Balaban J connectivity index is 2.89. The summed E-state index contributed by atoms with van der Waals surface area (Å²) in [7, 11) is 0. The van der Waals surface area contributed by atoms with Crippen LogP contribution >= 0.6 is 0 Å². The molecule has 0 aliphatic carbocycles. The van der Waals surface area contributed by atoms with Gasteiger partial charge in [-0.05, 0) is 23.4 Å². The van der Waals surface area contributed by atoms with Crippen molar-refractivity contribution in [3.05, 3.63) is 35.9 Å². The van der Waals surface area contributed by atoms with E-state index < -0.39 is 0 Å². The molecule has 0 atom stereocenters. The van der Waals surface area contributed by atoms with Crippen molar-refractivity contribution in [3.63, 3.8) is 0 Å². The molecule has 72 valence electrons. The highest BCUT2D eigenvalue weighted by Crippen LogP contribution is 2.35. The lowest BCUT2D eigenvalue weighted by Crippen LogP contribution is -1.84. The summed E-state index contributed by atoms with van der Waals surface area (Å²) in [6, 6.07) is 9.16. The molecular formula is C12H12O2. The fourth-order valence-electron chi connectivity index (χ4n) is 1.71. The number of hydrogen-bond donors (Lipinski definition) is 2. The van der Waals surface area contributed by atoms with Crippen molar-refractivity contribution in [1.82, 2.24) is 0 Å². The maximum Gasteiger partial charge on any atom is 0.165 e. The van der Waals surface area contributed by atoms with Crippen molar-refractivity contribution in [2.75, 3.05) is 0 Å². The van der Waals surface area contributed by atoms with Crippen LogP contribution in [0.25, 0.3) is 10.8 Å². The Morgan fingerprint density at radius 2 is 1.71 bits per heavy atom. The lowest BCUT2D eigenvalue weighted by atomic mass is 10.0. The maximum absolute atomic E-state index is 9.63. The van der Waals surface area contributed by atoms with Crippen LogP contribution in [-0.4, -0.2) is 10.2 Å². The zero-order valence-corrected chi connectivity index (χ0v) is 7.99. The first-order chi connectivity index (χ1) is 6.74. The van der Waals surface area contributed by atoms with E-state index in [9.17, 15) is 10.2 Å². The summed E-state index contributed by atoms with van der Waals surface area (Å²) in [5, 5.41) is 20.8. The van der Waals surface area contributed by atoms with Crippen LogP contribution in [0.5, 0.6) is 11.5 Å². The number of fused-ring (bicyclic) bond motifs is 1. The molecule has 14 heavy (non-hydrogen) atoms. The van der Waals surface area contributed by atoms with Gasteiger partial charge in [-0.15, -0.1) is 0 Å². The largest absolute Gasteiger partial charge is 0.504 e. The molecule has 2 aromatic carbocycles. The number of aromatic hydroxyl groups is 2. The monoisotopic (exact) mass is 188 g/mol. The van der Waals surface area contributed by atoms with Crippen molar-refractivity contribution in [2.45, 2.75) is 13.3 Å². The van der Waals surface area contributed by atoms with E-state index in [-0.39, 0.29) is 11.5 Å². The molecule has 0 unspecified atom stereocenters. The Labute approximate surface area is 82.4 Å². The van der Waals surface area contributed by atoms with Gasteiger partial charge in [0.2, 0.25) is 0 Å². The van der Waals surface area contributed by atoms with Crippen molar-refractivity contribution in [2.24, 2.45) is 0 Å². The third-order valence-corrected chi connectivity index (χ3v) is 2.46. The zero-order chi connectivity index (χ0) is 10.1. The minimum Gasteiger partial charge on any atom is -0.504 e. The number of phenols is 2. The first-order valence-electron chi connectivity index (χ1n) is 4.66. The van der Waals surface area contributed by atoms with Gasteiger partial charge in [0.1, 0.15) is 0 Å². The molecule has 0 bridgehead atoms. The van der Waals surface area contributed by atoms with Gasteiger partial charge >= 0.3 is 0 Å². The second kappa shape index (κ2) is 3.22. The second-order valence-corrected chi connectivity index (χ2v) is 3.30. The smallest absolute Gasteiger partial charge is 0.165 e. The van der Waals surface area contributed by atoms with Crippen LogP contribution in [0.2, 0.25) is 0 Å². The lowest BCUT2D eigenvalue weighted by molar-refractivity contribution is 0.408. The molecule has 2 N–H and O–H groups in total. The lowest BCUT2D eigenvalue weighted by Gasteiger charge is -2.07. The van der Waals surface area contributed by atoms with E-state index >= 15 is 0 Å². The zero-order valence-electron chi connectivity index (χ0n) is 7.99. The normalized spacial score (nSPS) is 10.6. The SMILES string of the molecule is CCc1cc(O)c(O)c2ccccc12. The van der Waals surface area contributed by atoms with Crippen LogP contribution < -0.4 is 0 Å². The molecule has 0 aliphatic heterocycles. The van der Waals surface area contributed by atoms with E-state index in [0.717, 1.165) is 17.4 Å². The average Bonchev–Trinajstić information content (AvgIpc) is 2.23. The van der Waals surface area contributed by atoms with Crippen molar-refractivity contribution >= 4 is 10.8 Å². The van der Waals surface area contributed by atoms with Gasteiger partial charge in [0.25, 0.3) is 0 Å². The molecule has 0 saturated heterocycles. The van der Waals surface area contributed by atoms with E-state index in [2.05, 4.69) is 0 Å². The molecule has 2 heteroatoms. The Bertz CT molecular complexity index is 475. The van der Waals surface area contributed by atoms with Gasteiger partial charge in [-0.1, -0.05) is 31.2 Å². The van der Waals surface area contributed by atoms with Crippen LogP contribution in [0.1, 0.15) is 12.5 Å². The summed E-state index contributed by atoms with van der Waals surface area (Å²) in [4.78, 5) is 0. The van der Waals surface area contributed by atoms with Crippen LogP contribution in [0.15, 0.2) is 30.3 Å². The van der Waals surface area contributed by atoms with Gasteiger partial charge in [0, 0.05) is 5.39 Å². The summed E-state index contributed by atoms with van der Waals surface area (Å²) in [5.74, 6) is -0.0710. The average molecular weight is 188 g/mol. The van der Waals surface area contributed by atoms with Gasteiger partial charge < -0.3 is 10.2 Å². The third kappa shape index (κ3) is 1.20. The van der Waals surface area contributed by atoms with Crippen molar-refractivity contribution in [3.8, 4) is 11.5 Å². The molecule has 0 fully saturated rings. The fourth-order valence-corrected chi connectivity index (χ4v) is 1.71. The molecule has 0 spiro atoms. The molecule has 2 aromatic rings. The second-order valence-electron chi connectivity index (χ2n) is 3.30. The minimum atomic E-state index is -0.0412. The Kier molecular flexibility index (Phi) is 2.04. The molecule has 0 heterocycles. The van der Waals surface area contributed by atoms with Crippen molar-refractivity contribution in [1.29, 1.82) is 0 Å². The molecule has 0 saturated carbocycles. The Morgan fingerprint density at radius 3 is 2.36 bits per heavy atom. The van der Waals surface area contributed by atoms with Crippen molar-refractivity contribution < 1.29 is 10.2 Å². The van der Waals surface area contributed by atoms with Crippen LogP contribution in [-0.2, 0) is 6.42 Å². The molecular weight excluding hydrogens is 176 g/mol. The molecule has 0 aromatic heterocycles. The molecule has 2 nitrogen and oxygen atoms in total. The van der Waals surface area contributed by atoms with Gasteiger partial charge in [-0.3, -0.25) is 0 Å². The van der Waals surface area contributed by atoms with E-state index in [1.807, 2.05) is 31.2 Å². The first-order valence-corrected chi connectivity index (χ1v) is 4.66. The standard InChI is InChI=1S/C12H12O2/c1-2-8-7-11(13)12(14)10-6-4-3-5-9(8)10/h3-7,13-14H,2H2,1H3. The molecule has 0 amide bonds. The van der Waals surface area contributed by atoms with E-state index in [4.69, 9.17) is 0 Å². The third-order valence-electron chi connectivity index (χ3n) is 2.46. The molecule has 0 radical (unpaired) electrons. The fraction of sp³-hybridized carbons (Fsp3) is 0.167. The molecule has 0 aliphatic rings. The summed E-state index contributed by atoms with van der Waals surface area (Å²) >= 11 is 0. The summed E-state index contributed by atoms with van der Waals surface area (Å²) in [5.41, 5.74) is 1.05. The number of aryl methyl sites for hydroxylation is 1. The predicted octanol–water partition coefficient (Wildman–Crippen LogP) is 2.81. The van der Waals surface area contributed by atoms with Crippen LogP contribution in [0.3, 0.4) is 0 Å². The van der Waals surface area contributed by atoms with Gasteiger partial charge in [-0.2, -0.15) is 0 Å². The highest BCUT2D eigenvalue weighted by molar-refractivity contribution is 5.92. The summed E-state index contributed by atoms with van der Waals surface area (Å²) in [6.45, 7) is 2.03. The maximum atomic E-state index is 9.63. The number of rotatable bonds is 1. The summed E-state index contributed by atoms with van der Waals surface area (Å²) in [6.07, 6.45) is 0.842. The Morgan fingerprint density at radius 1 is 1.07 bits per heavy atom. The van der Waals surface area contributed by atoms with Gasteiger partial charge in [0.15, 0.2) is 11.5 Å². The topological polar surface area (TPSA) is 40.5 Å².